The Morgan fingerprint density at radius 3 is 2.73 bits per heavy atom. The summed E-state index contributed by atoms with van der Waals surface area (Å²) in [5.74, 6) is 0.353. The maximum atomic E-state index is 12.4. The Kier molecular flexibility index (Phi) is 6.25. The summed E-state index contributed by atoms with van der Waals surface area (Å²) in [4.78, 5) is 24.2. The Labute approximate surface area is 180 Å². The molecule has 0 saturated carbocycles. The van der Waals surface area contributed by atoms with Crippen molar-refractivity contribution in [2.75, 3.05) is 26.9 Å². The molecule has 0 bridgehead atoms. The lowest BCUT2D eigenvalue weighted by molar-refractivity contribution is -0.128. The fraction of sp³-hybridized carbons (Fsp3) is 0.391. The average Bonchev–Trinajstić information content (AvgIpc) is 3.21. The van der Waals surface area contributed by atoms with E-state index < -0.39 is 0 Å². The molecule has 0 aliphatic carbocycles. The fourth-order valence-corrected chi connectivity index (χ4v) is 4.21. The molecule has 2 aliphatic heterocycles. The van der Waals surface area contributed by atoms with Gasteiger partial charge in [0.25, 0.3) is 0 Å². The summed E-state index contributed by atoms with van der Waals surface area (Å²) in [6.45, 7) is 1.71. The number of ether oxygens (including phenoxy) is 3. The van der Waals surface area contributed by atoms with Gasteiger partial charge in [-0.2, -0.15) is 0 Å². The van der Waals surface area contributed by atoms with Crippen LogP contribution in [0.1, 0.15) is 28.8 Å². The molecule has 158 valence electrons. The van der Waals surface area contributed by atoms with Gasteiger partial charge in [0.1, 0.15) is 11.9 Å². The molecule has 30 heavy (non-hydrogen) atoms. The van der Waals surface area contributed by atoms with E-state index in [4.69, 9.17) is 25.8 Å². The quantitative estimate of drug-likeness (QED) is 0.734. The number of carbonyl (C=O) groups is 2. The minimum Gasteiger partial charge on any atom is -0.486 e. The third-order valence-corrected chi connectivity index (χ3v) is 5.85. The van der Waals surface area contributed by atoms with Crippen LogP contribution in [-0.2, 0) is 20.7 Å². The van der Waals surface area contributed by atoms with Crippen molar-refractivity contribution in [1.29, 1.82) is 0 Å². The maximum Gasteiger partial charge on any atom is 0.337 e. The molecule has 7 heteroatoms. The van der Waals surface area contributed by atoms with Gasteiger partial charge in [0.2, 0.25) is 5.91 Å². The van der Waals surface area contributed by atoms with E-state index >= 15 is 0 Å². The van der Waals surface area contributed by atoms with E-state index in [0.717, 1.165) is 29.5 Å². The number of halogens is 1. The van der Waals surface area contributed by atoms with Crippen LogP contribution in [0.25, 0.3) is 11.1 Å². The summed E-state index contributed by atoms with van der Waals surface area (Å²) in [6, 6.07) is 11.1. The lowest BCUT2D eigenvalue weighted by Gasteiger charge is -2.22. The summed E-state index contributed by atoms with van der Waals surface area (Å²) in [7, 11) is 1.36. The Balaban J connectivity index is 1.44. The van der Waals surface area contributed by atoms with E-state index in [1.807, 2.05) is 24.3 Å². The van der Waals surface area contributed by atoms with E-state index in [2.05, 4.69) is 5.32 Å². The van der Waals surface area contributed by atoms with Crippen LogP contribution in [0.3, 0.4) is 0 Å². The summed E-state index contributed by atoms with van der Waals surface area (Å²) >= 11 is 6.49. The number of amides is 1. The second-order valence-corrected chi connectivity index (χ2v) is 8.00. The van der Waals surface area contributed by atoms with E-state index in [9.17, 15) is 9.59 Å². The molecule has 1 fully saturated rings. The van der Waals surface area contributed by atoms with E-state index in [1.165, 1.54) is 7.11 Å². The van der Waals surface area contributed by atoms with Gasteiger partial charge in [0, 0.05) is 31.1 Å². The highest BCUT2D eigenvalue weighted by molar-refractivity contribution is 6.32. The molecule has 0 unspecified atom stereocenters. The van der Waals surface area contributed by atoms with Crippen LogP contribution in [0.4, 0.5) is 0 Å². The first-order valence-corrected chi connectivity index (χ1v) is 10.5. The first-order chi connectivity index (χ1) is 14.5. The van der Waals surface area contributed by atoms with Gasteiger partial charge in [-0.3, -0.25) is 4.79 Å². The van der Waals surface area contributed by atoms with Gasteiger partial charge in [0.15, 0.2) is 0 Å². The largest absolute Gasteiger partial charge is 0.486 e. The smallest absolute Gasteiger partial charge is 0.337 e. The van der Waals surface area contributed by atoms with Gasteiger partial charge in [-0.15, -0.1) is 0 Å². The van der Waals surface area contributed by atoms with E-state index in [-0.39, 0.29) is 23.9 Å². The van der Waals surface area contributed by atoms with Gasteiger partial charge < -0.3 is 19.5 Å². The van der Waals surface area contributed by atoms with Crippen molar-refractivity contribution in [1.82, 2.24) is 5.32 Å². The number of methoxy groups -OCH3 is 1. The molecule has 0 aromatic heterocycles. The third-order valence-electron chi connectivity index (χ3n) is 5.57. The number of rotatable bonds is 5. The predicted molar refractivity (Wildman–Crippen MR) is 113 cm³/mol. The van der Waals surface area contributed by atoms with Crippen LogP contribution in [0.5, 0.6) is 5.75 Å². The third kappa shape index (κ3) is 4.45. The zero-order chi connectivity index (χ0) is 21.1. The lowest BCUT2D eigenvalue weighted by Crippen LogP contribution is -2.39. The summed E-state index contributed by atoms with van der Waals surface area (Å²) in [5.41, 5.74) is 3.25. The Morgan fingerprint density at radius 1 is 1.17 bits per heavy atom. The van der Waals surface area contributed by atoms with Crippen molar-refractivity contribution >= 4 is 23.5 Å². The second-order valence-electron chi connectivity index (χ2n) is 7.59. The van der Waals surface area contributed by atoms with Crippen molar-refractivity contribution in [2.24, 2.45) is 5.92 Å². The van der Waals surface area contributed by atoms with Crippen LogP contribution in [0.15, 0.2) is 36.4 Å². The highest BCUT2D eigenvalue weighted by Gasteiger charge is 2.28. The van der Waals surface area contributed by atoms with Gasteiger partial charge in [0.05, 0.1) is 24.2 Å². The Morgan fingerprint density at radius 2 is 1.97 bits per heavy atom. The molecule has 0 radical (unpaired) electrons. The molecule has 2 aromatic carbocycles. The molecule has 2 aliphatic rings. The normalized spacial score (nSPS) is 18.4. The summed E-state index contributed by atoms with van der Waals surface area (Å²) < 4.78 is 16.1. The number of esters is 1. The van der Waals surface area contributed by atoms with E-state index in [1.54, 1.807) is 12.1 Å². The average molecular weight is 430 g/mol. The van der Waals surface area contributed by atoms with Crippen molar-refractivity contribution in [3.8, 4) is 16.9 Å². The molecular formula is C23H24ClNO5. The lowest BCUT2D eigenvalue weighted by atomic mass is 9.98. The highest BCUT2D eigenvalue weighted by Crippen LogP contribution is 2.39. The molecule has 1 amide bonds. The number of nitrogens with one attached hydrogen (secondary N) is 1. The Hall–Kier alpha value is -2.57. The molecule has 2 heterocycles. The molecule has 1 saturated heterocycles. The van der Waals surface area contributed by atoms with Crippen molar-refractivity contribution in [2.45, 2.75) is 25.4 Å². The molecule has 2 aromatic rings. The molecule has 0 spiro atoms. The van der Waals surface area contributed by atoms with Crippen LogP contribution in [0, 0.1) is 5.92 Å². The van der Waals surface area contributed by atoms with Gasteiger partial charge in [-0.1, -0.05) is 23.7 Å². The molecule has 1 N–H and O–H groups in total. The summed E-state index contributed by atoms with van der Waals surface area (Å²) in [5, 5.41) is 3.53. The van der Waals surface area contributed by atoms with Crippen LogP contribution in [0.2, 0.25) is 5.02 Å². The second kappa shape index (κ2) is 9.06. The van der Waals surface area contributed by atoms with Gasteiger partial charge in [-0.25, -0.2) is 4.79 Å². The zero-order valence-corrected chi connectivity index (χ0v) is 17.5. The first-order valence-electron chi connectivity index (χ1n) is 10.1. The molecule has 6 nitrogen and oxygen atoms in total. The minimum atomic E-state index is -0.382. The highest BCUT2D eigenvalue weighted by atomic mass is 35.5. The topological polar surface area (TPSA) is 73.9 Å². The van der Waals surface area contributed by atoms with Gasteiger partial charge >= 0.3 is 5.97 Å². The van der Waals surface area contributed by atoms with Gasteiger partial charge in [-0.05, 0) is 48.2 Å². The zero-order valence-electron chi connectivity index (χ0n) is 16.8. The Bertz CT molecular complexity index is 955. The fourth-order valence-electron chi connectivity index (χ4n) is 3.93. The maximum absolute atomic E-state index is 12.4. The first kappa shape index (κ1) is 20.7. The number of carbonyl (C=O) groups excluding carboxylic acids is 2. The van der Waals surface area contributed by atoms with Crippen LogP contribution >= 0.6 is 11.6 Å². The van der Waals surface area contributed by atoms with Crippen molar-refractivity contribution in [3.63, 3.8) is 0 Å². The number of hydrogen-bond donors (Lipinski definition) is 1. The van der Waals surface area contributed by atoms with E-state index in [0.29, 0.717) is 42.5 Å². The molecular weight excluding hydrogens is 406 g/mol. The minimum absolute atomic E-state index is 0.0137. The predicted octanol–water partition coefficient (Wildman–Crippen LogP) is 3.64. The van der Waals surface area contributed by atoms with Crippen LogP contribution in [-0.4, -0.2) is 44.8 Å². The monoisotopic (exact) mass is 429 g/mol. The molecule has 1 atom stereocenters. The number of benzene rings is 2. The van der Waals surface area contributed by atoms with Crippen molar-refractivity contribution < 1.29 is 23.8 Å². The summed E-state index contributed by atoms with van der Waals surface area (Å²) in [6.07, 6.45) is 2.03. The van der Waals surface area contributed by atoms with Crippen LogP contribution < -0.4 is 10.1 Å². The number of hydrogen-bond acceptors (Lipinski definition) is 5. The standard InChI is InChI=1S/C23H24ClNO5/c1-28-23(27)16-4-2-3-15(9-16)17-10-18-11-19(30-21(18)20(24)12-17)13-25-22(26)14-5-7-29-8-6-14/h2-4,9-10,12,14,19H,5-8,11,13H2,1H3,(H,25,26)/t19-/m0/s1. The SMILES string of the molecule is COC(=O)c1cccc(-c2cc(Cl)c3c(c2)C[C@@H](CNC(=O)C2CCOCC2)O3)c1. The molecule has 4 rings (SSSR count). The van der Waals surface area contributed by atoms with Crippen molar-refractivity contribution in [3.05, 3.63) is 52.5 Å². The number of fused-ring (bicyclic) bond motifs is 1.